The number of carbonyl (C=O) groups excluding carboxylic acids is 1. The van der Waals surface area contributed by atoms with Crippen molar-refractivity contribution in [1.82, 2.24) is 0 Å². The SMILES string of the molecule is CCCCCCCCCCCCCc1ccc(OCCCOC(=O)C(C)[N+](C)(C)Cc2ccccc2)cc1. The molecule has 2 rings (SSSR count). The second-order valence-electron chi connectivity index (χ2n) is 11.4. The second-order valence-corrected chi connectivity index (χ2v) is 11.4. The molecule has 2 aromatic carbocycles. The highest BCUT2D eigenvalue weighted by Gasteiger charge is 2.32. The lowest BCUT2D eigenvalue weighted by Crippen LogP contribution is -2.51. The highest BCUT2D eigenvalue weighted by atomic mass is 16.5. The first-order valence-electron chi connectivity index (χ1n) is 15.2. The minimum absolute atomic E-state index is 0.155. The van der Waals surface area contributed by atoms with Crippen LogP contribution in [0.4, 0.5) is 0 Å². The van der Waals surface area contributed by atoms with Crippen LogP contribution in [0.5, 0.6) is 5.75 Å². The van der Waals surface area contributed by atoms with Gasteiger partial charge < -0.3 is 14.0 Å². The van der Waals surface area contributed by atoms with Crippen LogP contribution in [0.3, 0.4) is 0 Å². The molecule has 0 amide bonds. The maximum absolute atomic E-state index is 12.6. The fourth-order valence-electron chi connectivity index (χ4n) is 4.76. The molecule has 0 aliphatic carbocycles. The zero-order valence-electron chi connectivity index (χ0n) is 24.8. The highest BCUT2D eigenvalue weighted by molar-refractivity contribution is 5.74. The van der Waals surface area contributed by atoms with Crippen LogP contribution < -0.4 is 4.74 Å². The van der Waals surface area contributed by atoms with Crippen LogP contribution in [0.15, 0.2) is 54.6 Å². The number of unbranched alkanes of at least 4 members (excludes halogenated alkanes) is 10. The van der Waals surface area contributed by atoms with Crippen LogP contribution in [0.1, 0.15) is 102 Å². The smallest absolute Gasteiger partial charge is 0.364 e. The topological polar surface area (TPSA) is 35.5 Å². The molecule has 0 aliphatic heterocycles. The number of ether oxygens (including phenoxy) is 2. The molecular weight excluding hydrogens is 470 g/mol. The first-order chi connectivity index (χ1) is 18.4. The van der Waals surface area contributed by atoms with Crippen molar-refractivity contribution in [3.05, 3.63) is 65.7 Å². The van der Waals surface area contributed by atoms with E-state index in [0.717, 1.165) is 18.7 Å². The van der Waals surface area contributed by atoms with E-state index in [1.54, 1.807) is 0 Å². The first-order valence-corrected chi connectivity index (χ1v) is 15.2. The molecule has 212 valence electrons. The van der Waals surface area contributed by atoms with Crippen LogP contribution in [0.25, 0.3) is 0 Å². The summed E-state index contributed by atoms with van der Waals surface area (Å²) >= 11 is 0. The van der Waals surface area contributed by atoms with E-state index in [2.05, 4.69) is 57.4 Å². The summed E-state index contributed by atoms with van der Waals surface area (Å²) in [4.78, 5) is 12.6. The fourth-order valence-corrected chi connectivity index (χ4v) is 4.76. The molecule has 4 heteroatoms. The first kappa shape index (κ1) is 31.9. The minimum atomic E-state index is -0.232. The molecule has 0 saturated heterocycles. The van der Waals surface area contributed by atoms with E-state index >= 15 is 0 Å². The second kappa shape index (κ2) is 18.8. The number of nitrogens with zero attached hydrogens (tertiary/aromatic N) is 1. The monoisotopic (exact) mass is 524 g/mol. The van der Waals surface area contributed by atoms with Crippen molar-refractivity contribution >= 4 is 5.97 Å². The molecule has 0 spiro atoms. The molecular formula is C34H54NO3+. The molecule has 0 fully saturated rings. The Balaban J connectivity index is 1.51. The Bertz CT molecular complexity index is 863. The van der Waals surface area contributed by atoms with Crippen molar-refractivity contribution in [2.75, 3.05) is 27.3 Å². The zero-order chi connectivity index (χ0) is 27.5. The molecule has 0 aromatic heterocycles. The van der Waals surface area contributed by atoms with E-state index < -0.39 is 0 Å². The number of hydrogen-bond donors (Lipinski definition) is 0. The predicted octanol–water partition coefficient (Wildman–Crippen LogP) is 8.52. The van der Waals surface area contributed by atoms with Crippen molar-refractivity contribution in [1.29, 1.82) is 0 Å². The van der Waals surface area contributed by atoms with Gasteiger partial charge in [0.15, 0.2) is 6.04 Å². The van der Waals surface area contributed by atoms with Crippen molar-refractivity contribution in [3.8, 4) is 5.75 Å². The number of rotatable bonds is 21. The lowest BCUT2D eigenvalue weighted by Gasteiger charge is -2.34. The Labute approximate surface area is 233 Å². The van der Waals surface area contributed by atoms with Crippen LogP contribution in [-0.2, 0) is 22.5 Å². The number of esters is 1. The summed E-state index contributed by atoms with van der Waals surface area (Å²) in [7, 11) is 4.14. The molecule has 2 aromatic rings. The minimum Gasteiger partial charge on any atom is -0.493 e. The lowest BCUT2D eigenvalue weighted by atomic mass is 10.0. The van der Waals surface area contributed by atoms with Gasteiger partial charge in [-0.05, 0) is 37.5 Å². The van der Waals surface area contributed by atoms with Gasteiger partial charge in [-0.15, -0.1) is 0 Å². The van der Waals surface area contributed by atoms with E-state index in [1.165, 1.54) is 81.8 Å². The molecule has 1 atom stereocenters. The number of hydrogen-bond acceptors (Lipinski definition) is 3. The van der Waals surface area contributed by atoms with E-state index in [9.17, 15) is 4.79 Å². The van der Waals surface area contributed by atoms with Crippen molar-refractivity contribution < 1.29 is 18.8 Å². The third-order valence-corrected chi connectivity index (χ3v) is 7.62. The normalized spacial score (nSPS) is 12.3. The summed E-state index contributed by atoms with van der Waals surface area (Å²) in [5.74, 6) is 0.728. The maximum atomic E-state index is 12.6. The summed E-state index contributed by atoms with van der Waals surface area (Å²) < 4.78 is 12.0. The van der Waals surface area contributed by atoms with Gasteiger partial charge in [0, 0.05) is 12.0 Å². The molecule has 0 saturated carbocycles. The molecule has 4 nitrogen and oxygen atoms in total. The Morgan fingerprint density at radius 2 is 1.29 bits per heavy atom. The summed E-state index contributed by atoms with van der Waals surface area (Å²) in [6.45, 7) is 5.93. The van der Waals surface area contributed by atoms with Crippen molar-refractivity contribution in [3.63, 3.8) is 0 Å². The maximum Gasteiger partial charge on any atom is 0.364 e. The number of quaternary nitrogens is 1. The third kappa shape index (κ3) is 13.5. The van der Waals surface area contributed by atoms with E-state index in [0.29, 0.717) is 24.1 Å². The van der Waals surface area contributed by atoms with Crippen molar-refractivity contribution in [2.45, 2.75) is 110 Å². The zero-order valence-corrected chi connectivity index (χ0v) is 24.8. The van der Waals surface area contributed by atoms with E-state index in [1.807, 2.05) is 25.1 Å². The number of benzene rings is 2. The quantitative estimate of drug-likeness (QED) is 0.0932. The Kier molecular flexibility index (Phi) is 15.8. The van der Waals surface area contributed by atoms with Gasteiger partial charge in [0.05, 0.1) is 27.3 Å². The average Bonchev–Trinajstić information content (AvgIpc) is 2.92. The Morgan fingerprint density at radius 3 is 1.89 bits per heavy atom. The van der Waals surface area contributed by atoms with Gasteiger partial charge in [-0.2, -0.15) is 0 Å². The van der Waals surface area contributed by atoms with Crippen LogP contribution in [0.2, 0.25) is 0 Å². The van der Waals surface area contributed by atoms with E-state index in [-0.39, 0.29) is 12.0 Å². The Morgan fingerprint density at radius 1 is 0.711 bits per heavy atom. The van der Waals surface area contributed by atoms with Gasteiger partial charge in [-0.1, -0.05) is 114 Å². The molecule has 0 radical (unpaired) electrons. The number of carbonyl (C=O) groups is 1. The lowest BCUT2D eigenvalue weighted by molar-refractivity contribution is -0.917. The standard InChI is InChI=1S/C34H54NO3/c1-5-6-7-8-9-10-11-12-13-14-16-20-31-23-25-33(26-24-31)37-27-19-28-38-34(36)30(2)35(3,4)29-32-21-17-15-18-22-32/h15,17-18,21-26,30H,5-14,16,19-20,27-29H2,1-4H3/q+1. The number of likely N-dealkylation sites (N-methyl/N-ethyl adjacent to an activating group) is 1. The highest BCUT2D eigenvalue weighted by Crippen LogP contribution is 2.17. The van der Waals surface area contributed by atoms with Gasteiger partial charge in [0.2, 0.25) is 0 Å². The van der Waals surface area contributed by atoms with Gasteiger partial charge in [-0.3, -0.25) is 0 Å². The van der Waals surface area contributed by atoms with Gasteiger partial charge >= 0.3 is 5.97 Å². The molecule has 0 aliphatic rings. The fraction of sp³-hybridized carbons (Fsp3) is 0.618. The average molecular weight is 525 g/mol. The summed E-state index contributed by atoms with van der Waals surface area (Å²) in [6.07, 6.45) is 17.0. The van der Waals surface area contributed by atoms with Gasteiger partial charge in [0.25, 0.3) is 0 Å². The van der Waals surface area contributed by atoms with Crippen LogP contribution in [0, 0.1) is 0 Å². The number of aryl methyl sites for hydroxylation is 1. The van der Waals surface area contributed by atoms with Gasteiger partial charge in [-0.25, -0.2) is 4.79 Å². The van der Waals surface area contributed by atoms with Crippen molar-refractivity contribution in [2.24, 2.45) is 0 Å². The molecule has 38 heavy (non-hydrogen) atoms. The largest absolute Gasteiger partial charge is 0.493 e. The van der Waals surface area contributed by atoms with E-state index in [4.69, 9.17) is 9.47 Å². The summed E-state index contributed by atoms with van der Waals surface area (Å²) in [6, 6.07) is 18.5. The summed E-state index contributed by atoms with van der Waals surface area (Å²) in [5, 5.41) is 0. The van der Waals surface area contributed by atoms with Crippen LogP contribution >= 0.6 is 0 Å². The summed E-state index contributed by atoms with van der Waals surface area (Å²) in [5.41, 5.74) is 2.60. The molecule has 1 unspecified atom stereocenters. The van der Waals surface area contributed by atoms with Gasteiger partial charge in [0.1, 0.15) is 12.3 Å². The molecule has 0 heterocycles. The molecule has 0 N–H and O–H groups in total. The molecule has 0 bridgehead atoms. The predicted molar refractivity (Wildman–Crippen MR) is 159 cm³/mol. The third-order valence-electron chi connectivity index (χ3n) is 7.62. The Hall–Kier alpha value is -2.33. The van der Waals surface area contributed by atoms with Crippen LogP contribution in [-0.4, -0.2) is 43.8 Å².